The van der Waals surface area contributed by atoms with Crippen LogP contribution in [-0.2, 0) is 0 Å². The fraction of sp³-hybridized carbons (Fsp3) is 0. The van der Waals surface area contributed by atoms with Crippen molar-refractivity contribution >= 4 is 209 Å². The molecule has 0 unspecified atom stereocenters. The van der Waals surface area contributed by atoms with E-state index in [1.807, 2.05) is 0 Å². The molecule has 3 aromatic heterocycles. The summed E-state index contributed by atoms with van der Waals surface area (Å²) in [4.78, 5) is 5.17. The maximum atomic E-state index is 6.75. The van der Waals surface area contributed by atoms with Crippen molar-refractivity contribution in [1.29, 1.82) is 0 Å². The number of nitrogens with zero attached hydrogens (tertiary/aromatic N) is 2. The van der Waals surface area contributed by atoms with Gasteiger partial charge in [-0.2, -0.15) is 0 Å². The number of benzene rings is 13. The van der Waals surface area contributed by atoms with Crippen LogP contribution in [0.4, 0.5) is 0 Å². The number of rotatable bonds is 10. The monoisotopic (exact) mass is 1180 g/mol. The van der Waals surface area contributed by atoms with Gasteiger partial charge in [-0.3, -0.25) is 0 Å². The standard InChI is InChI=1S/C78H62B10N2OS/c79-66-64(67(80)71(84)74(87)70(66)83)58-41-47(92(44-20-4-1-5-21-44,45-22-6-2-7-23-45)46-24-8-3-9-25-46)42-59(65-68(81)72(85)75(88)73(86)69(65)82)77(58)90-61-36-16-13-29-51(61)57-40-43(38-39-62(57)90)89-60-35-15-12-28-50(60)54-32-18-31-53(76(54)89)48-26-10-11-27-49(48)55-33-19-34-56-52-30-14-17-37-63(52)91-78(55)56/h1-42H,79-88H2. The van der Waals surface area contributed by atoms with Crippen molar-refractivity contribution in [3.8, 4) is 55.9 Å². The normalized spacial score (nSPS) is 12.1. The summed E-state index contributed by atoms with van der Waals surface area (Å²) in [6.07, 6.45) is 0. The Labute approximate surface area is 548 Å². The highest BCUT2D eigenvalue weighted by atomic mass is 32.3. The Morgan fingerprint density at radius 3 is 1.20 bits per heavy atom. The van der Waals surface area contributed by atoms with Crippen LogP contribution in [0.5, 0.6) is 0 Å². The SMILES string of the molecule is Bc1c(B)c(B)c(-c2cc(S(c3ccccc3)(c3ccccc3)c3ccccc3)cc(-c3c(B)c(B)c(B)c(B)c3B)c2-n2c3ccccc3c3cc(-n4c5ccccc5c5cccc(-c6ccccc6-c6cccc7c6oc6ccccc67)c54)ccc32)c(B)c1B. The van der Waals surface area contributed by atoms with Crippen molar-refractivity contribution in [2.45, 2.75) is 19.6 Å². The van der Waals surface area contributed by atoms with Crippen LogP contribution < -0.4 is 54.6 Å². The van der Waals surface area contributed by atoms with Gasteiger partial charge in [0.25, 0.3) is 0 Å². The molecule has 0 saturated carbocycles. The number of para-hydroxylation sites is 5. The first-order chi connectivity index (χ1) is 44.9. The molecule has 0 atom stereocenters. The van der Waals surface area contributed by atoms with Crippen molar-refractivity contribution in [3.63, 3.8) is 0 Å². The van der Waals surface area contributed by atoms with Crippen LogP contribution in [0.25, 0.3) is 121 Å². The Bertz CT molecular complexity index is 5480. The smallest absolute Gasteiger partial charge is 0.143 e. The quantitative estimate of drug-likeness (QED) is 0.187. The van der Waals surface area contributed by atoms with Gasteiger partial charge in [0.15, 0.2) is 0 Å². The lowest BCUT2D eigenvalue weighted by atomic mass is 9.58. The third-order valence-corrected chi connectivity index (χ3v) is 24.9. The minimum Gasteiger partial charge on any atom is -0.455 e. The molecule has 0 aliphatic rings. The Kier molecular flexibility index (Phi) is 13.9. The lowest BCUT2D eigenvalue weighted by Crippen LogP contribution is -2.55. The van der Waals surface area contributed by atoms with Crippen molar-refractivity contribution in [1.82, 2.24) is 9.13 Å². The van der Waals surface area contributed by atoms with Gasteiger partial charge in [0.2, 0.25) is 0 Å². The largest absolute Gasteiger partial charge is 0.455 e. The number of fused-ring (bicyclic) bond motifs is 9. The van der Waals surface area contributed by atoms with E-state index in [1.54, 1.807) is 0 Å². The second-order valence-electron chi connectivity index (χ2n) is 25.4. The highest BCUT2D eigenvalue weighted by Gasteiger charge is 2.37. The van der Waals surface area contributed by atoms with E-state index >= 15 is 0 Å². The summed E-state index contributed by atoms with van der Waals surface area (Å²) >= 11 is 0. The molecule has 14 heteroatoms. The molecule has 3 heterocycles. The molecular formula is C78H62B10N2OS. The maximum Gasteiger partial charge on any atom is 0.143 e. The summed E-state index contributed by atoms with van der Waals surface area (Å²) in [6.45, 7) is 0. The zero-order chi connectivity index (χ0) is 62.8. The van der Waals surface area contributed by atoms with E-state index in [0.717, 1.165) is 71.9 Å². The van der Waals surface area contributed by atoms with Gasteiger partial charge in [-0.25, -0.2) is 0 Å². The topological polar surface area (TPSA) is 23.0 Å². The maximum absolute atomic E-state index is 6.75. The molecule has 16 rings (SSSR count). The molecule has 16 aromatic rings. The molecule has 0 saturated heterocycles. The second kappa shape index (κ2) is 22.3. The van der Waals surface area contributed by atoms with Crippen molar-refractivity contribution < 1.29 is 4.42 Å². The zero-order valence-electron chi connectivity index (χ0n) is 54.0. The highest BCUT2D eigenvalue weighted by molar-refractivity contribution is 8.34. The average Bonchev–Trinajstić information content (AvgIpc) is 1.15. The summed E-state index contributed by atoms with van der Waals surface area (Å²) in [6, 6.07) is 95.5. The van der Waals surface area contributed by atoms with Crippen molar-refractivity contribution in [2.24, 2.45) is 0 Å². The van der Waals surface area contributed by atoms with Gasteiger partial charge in [0, 0.05) is 79.8 Å². The molecule has 0 fully saturated rings. The third-order valence-electron chi connectivity index (χ3n) is 21.0. The Morgan fingerprint density at radius 2 is 0.652 bits per heavy atom. The average molecular weight is 1180 g/mol. The van der Waals surface area contributed by atoms with Crippen LogP contribution in [-0.4, -0.2) is 87.6 Å². The van der Waals surface area contributed by atoms with Crippen LogP contribution in [0.2, 0.25) is 0 Å². The second-order valence-corrected chi connectivity index (χ2v) is 28.5. The molecule has 0 aliphatic heterocycles. The first-order valence-electron chi connectivity index (χ1n) is 32.2. The molecule has 0 radical (unpaired) electrons. The number of furan rings is 1. The predicted octanol–water partition coefficient (Wildman–Crippen LogP) is 4.37. The molecule has 0 amide bonds. The first kappa shape index (κ1) is 57.4. The Hall–Kier alpha value is -9.74. The molecule has 0 N–H and O–H groups in total. The van der Waals surface area contributed by atoms with E-state index in [0.29, 0.717) is 0 Å². The fourth-order valence-electron chi connectivity index (χ4n) is 15.7. The lowest BCUT2D eigenvalue weighted by Gasteiger charge is -2.43. The van der Waals surface area contributed by atoms with E-state index < -0.39 is 10.0 Å². The van der Waals surface area contributed by atoms with Gasteiger partial charge in [-0.1, -0.05) is 192 Å². The minimum atomic E-state index is -2.19. The van der Waals surface area contributed by atoms with Crippen LogP contribution in [0.1, 0.15) is 0 Å². The van der Waals surface area contributed by atoms with E-state index in [4.69, 9.17) is 4.42 Å². The van der Waals surface area contributed by atoms with Crippen LogP contribution in [0, 0.1) is 0 Å². The van der Waals surface area contributed by atoms with Crippen molar-refractivity contribution in [3.05, 3.63) is 255 Å². The third kappa shape index (κ3) is 8.52. The first-order valence-corrected chi connectivity index (χ1v) is 33.9. The molecule has 3 nitrogen and oxygen atoms in total. The summed E-state index contributed by atoms with van der Waals surface area (Å²) < 4.78 is 11.9. The molecule has 0 spiro atoms. The van der Waals surface area contributed by atoms with Gasteiger partial charge in [-0.05, 0) is 107 Å². The van der Waals surface area contributed by atoms with Crippen molar-refractivity contribution in [2.75, 3.05) is 0 Å². The minimum absolute atomic E-state index is 0.893. The van der Waals surface area contributed by atoms with Gasteiger partial charge in [0.1, 0.15) is 89.6 Å². The van der Waals surface area contributed by atoms with Crippen LogP contribution in [0.3, 0.4) is 0 Å². The summed E-state index contributed by atoms with van der Waals surface area (Å²) in [7, 11) is 21.3. The van der Waals surface area contributed by atoms with E-state index in [1.165, 1.54) is 124 Å². The molecule has 92 heavy (non-hydrogen) atoms. The predicted molar refractivity (Wildman–Crippen MR) is 426 cm³/mol. The van der Waals surface area contributed by atoms with Gasteiger partial charge in [0.05, 0.1) is 27.8 Å². The summed E-state index contributed by atoms with van der Waals surface area (Å²) in [5.74, 6) is 0. The van der Waals surface area contributed by atoms with E-state index in [9.17, 15) is 0 Å². The van der Waals surface area contributed by atoms with E-state index in [2.05, 4.69) is 342 Å². The van der Waals surface area contributed by atoms with Gasteiger partial charge in [-0.15, -0.1) is 42.8 Å². The zero-order valence-corrected chi connectivity index (χ0v) is 54.8. The van der Waals surface area contributed by atoms with Crippen LogP contribution in [0.15, 0.2) is 279 Å². The Balaban J connectivity index is 1.04. The molecular weight excluding hydrogens is 1120 g/mol. The lowest BCUT2D eigenvalue weighted by molar-refractivity contribution is 0.670. The van der Waals surface area contributed by atoms with E-state index in [-0.39, 0.29) is 0 Å². The molecule has 0 aliphatic carbocycles. The molecule has 13 aromatic carbocycles. The summed E-state index contributed by atoms with van der Waals surface area (Å²) in [5, 5.41) is 7.04. The fourth-order valence-corrected chi connectivity index (χ4v) is 19.6. The molecule has 0 bridgehead atoms. The van der Waals surface area contributed by atoms with Gasteiger partial charge >= 0.3 is 0 Å². The number of hydrogen-bond donors (Lipinski definition) is 0. The van der Waals surface area contributed by atoms with Crippen LogP contribution >= 0.6 is 10.0 Å². The Morgan fingerprint density at radius 1 is 0.261 bits per heavy atom. The van der Waals surface area contributed by atoms with Gasteiger partial charge < -0.3 is 13.6 Å². The molecule has 426 valence electrons. The number of hydrogen-bond acceptors (Lipinski definition) is 1. The number of aromatic nitrogens is 2. The summed E-state index contributed by atoms with van der Waals surface area (Å²) in [5.41, 5.74) is 31.5. The highest BCUT2D eigenvalue weighted by Crippen LogP contribution is 2.74.